The molecule has 2 aromatic heterocycles. The van der Waals surface area contributed by atoms with Gasteiger partial charge in [0.15, 0.2) is 5.82 Å². The fourth-order valence-corrected chi connectivity index (χ4v) is 3.38. The second kappa shape index (κ2) is 6.84. The SMILES string of the molecule is COc1ccc2[nH]c(C(=O)Nc3cccc(-c4nncn4C)c3C)c(C)c2c1. The molecule has 7 heteroatoms. The van der Waals surface area contributed by atoms with Crippen molar-refractivity contribution < 1.29 is 9.53 Å². The van der Waals surface area contributed by atoms with E-state index in [1.807, 2.05) is 61.9 Å². The standard InChI is InChI=1S/C21H21N5O2/c1-12-15(20-25-22-11-26(20)3)6-5-7-17(12)24-21(27)19-13(2)16-10-14(28-4)8-9-18(16)23-19/h5-11,23H,1-4H3,(H,24,27). The predicted octanol–water partition coefficient (Wildman–Crippen LogP) is 3.84. The first-order valence-electron chi connectivity index (χ1n) is 8.91. The number of nitrogens with zero attached hydrogens (tertiary/aromatic N) is 3. The monoisotopic (exact) mass is 375 g/mol. The first kappa shape index (κ1) is 17.8. The number of methoxy groups -OCH3 is 1. The fraction of sp³-hybridized carbons (Fsp3) is 0.190. The quantitative estimate of drug-likeness (QED) is 0.567. The third kappa shape index (κ3) is 2.90. The van der Waals surface area contributed by atoms with Crippen LogP contribution >= 0.6 is 0 Å². The Labute approximate surface area is 162 Å². The highest BCUT2D eigenvalue weighted by Crippen LogP contribution is 2.29. The van der Waals surface area contributed by atoms with E-state index in [4.69, 9.17) is 4.74 Å². The molecule has 0 unspecified atom stereocenters. The third-order valence-electron chi connectivity index (χ3n) is 5.03. The maximum absolute atomic E-state index is 13.0. The number of aromatic amines is 1. The second-order valence-corrected chi connectivity index (χ2v) is 6.73. The van der Waals surface area contributed by atoms with E-state index < -0.39 is 0 Å². The van der Waals surface area contributed by atoms with E-state index in [-0.39, 0.29) is 5.91 Å². The molecular formula is C21H21N5O2. The van der Waals surface area contributed by atoms with E-state index in [2.05, 4.69) is 20.5 Å². The van der Waals surface area contributed by atoms with E-state index in [0.717, 1.165) is 44.9 Å². The maximum atomic E-state index is 13.0. The van der Waals surface area contributed by atoms with Crippen molar-refractivity contribution in [1.29, 1.82) is 0 Å². The molecule has 1 amide bonds. The van der Waals surface area contributed by atoms with Crippen LogP contribution < -0.4 is 10.1 Å². The first-order chi connectivity index (χ1) is 13.5. The summed E-state index contributed by atoms with van der Waals surface area (Å²) in [6, 6.07) is 11.5. The van der Waals surface area contributed by atoms with Gasteiger partial charge in [0, 0.05) is 29.2 Å². The van der Waals surface area contributed by atoms with E-state index in [1.54, 1.807) is 13.4 Å². The zero-order valence-electron chi connectivity index (χ0n) is 16.2. The lowest BCUT2D eigenvalue weighted by atomic mass is 10.1. The molecule has 4 aromatic rings. The van der Waals surface area contributed by atoms with Gasteiger partial charge in [-0.25, -0.2) is 0 Å². The Balaban J connectivity index is 1.69. The number of carbonyl (C=O) groups is 1. The summed E-state index contributed by atoms with van der Waals surface area (Å²) in [5.74, 6) is 1.32. The van der Waals surface area contributed by atoms with Gasteiger partial charge in [-0.05, 0) is 49.2 Å². The number of hydrogen-bond acceptors (Lipinski definition) is 4. The Hall–Kier alpha value is -3.61. The number of fused-ring (bicyclic) bond motifs is 1. The van der Waals surface area contributed by atoms with Crippen LogP contribution in [0, 0.1) is 13.8 Å². The number of aromatic nitrogens is 4. The van der Waals surface area contributed by atoms with Crippen molar-refractivity contribution >= 4 is 22.5 Å². The lowest BCUT2D eigenvalue weighted by Crippen LogP contribution is -2.14. The normalized spacial score (nSPS) is 11.0. The van der Waals surface area contributed by atoms with Crippen molar-refractivity contribution in [2.75, 3.05) is 12.4 Å². The summed E-state index contributed by atoms with van der Waals surface area (Å²) in [7, 11) is 3.52. The van der Waals surface area contributed by atoms with Gasteiger partial charge in [0.05, 0.1) is 7.11 Å². The summed E-state index contributed by atoms with van der Waals surface area (Å²) >= 11 is 0. The van der Waals surface area contributed by atoms with Crippen LogP contribution in [0.4, 0.5) is 5.69 Å². The molecule has 7 nitrogen and oxygen atoms in total. The van der Waals surface area contributed by atoms with Crippen LogP contribution in [0.25, 0.3) is 22.3 Å². The van der Waals surface area contributed by atoms with Gasteiger partial charge in [-0.1, -0.05) is 12.1 Å². The van der Waals surface area contributed by atoms with Crippen LogP contribution in [0.5, 0.6) is 5.75 Å². The molecule has 0 bridgehead atoms. The maximum Gasteiger partial charge on any atom is 0.272 e. The van der Waals surface area contributed by atoms with Gasteiger partial charge < -0.3 is 19.6 Å². The smallest absolute Gasteiger partial charge is 0.272 e. The van der Waals surface area contributed by atoms with Gasteiger partial charge in [-0.2, -0.15) is 0 Å². The second-order valence-electron chi connectivity index (χ2n) is 6.73. The van der Waals surface area contributed by atoms with Gasteiger partial charge in [0.1, 0.15) is 17.8 Å². The van der Waals surface area contributed by atoms with Crippen LogP contribution in [0.3, 0.4) is 0 Å². The van der Waals surface area contributed by atoms with Crippen molar-refractivity contribution in [3.63, 3.8) is 0 Å². The Bertz CT molecular complexity index is 1190. The van der Waals surface area contributed by atoms with Gasteiger partial charge in [-0.15, -0.1) is 10.2 Å². The Morgan fingerprint density at radius 3 is 2.71 bits per heavy atom. The number of hydrogen-bond donors (Lipinski definition) is 2. The number of anilines is 1. The molecule has 2 N–H and O–H groups in total. The highest BCUT2D eigenvalue weighted by atomic mass is 16.5. The topological polar surface area (TPSA) is 84.8 Å². The van der Waals surface area contributed by atoms with Crippen molar-refractivity contribution in [3.05, 3.63) is 59.5 Å². The van der Waals surface area contributed by atoms with E-state index in [1.165, 1.54) is 0 Å². The van der Waals surface area contributed by atoms with Crippen LogP contribution in [-0.2, 0) is 7.05 Å². The Morgan fingerprint density at radius 1 is 1.18 bits per heavy atom. The molecule has 28 heavy (non-hydrogen) atoms. The summed E-state index contributed by atoms with van der Waals surface area (Å²) in [6.45, 7) is 3.89. The van der Waals surface area contributed by atoms with Gasteiger partial charge in [0.2, 0.25) is 0 Å². The molecule has 0 aliphatic rings. The summed E-state index contributed by atoms with van der Waals surface area (Å²) in [4.78, 5) is 16.2. The Morgan fingerprint density at radius 2 is 2.00 bits per heavy atom. The molecule has 142 valence electrons. The number of rotatable bonds is 4. The molecule has 0 aliphatic heterocycles. The van der Waals surface area contributed by atoms with Crippen molar-refractivity contribution in [3.8, 4) is 17.1 Å². The average molecular weight is 375 g/mol. The minimum absolute atomic E-state index is 0.189. The van der Waals surface area contributed by atoms with Crippen LogP contribution in [0.2, 0.25) is 0 Å². The number of carbonyl (C=O) groups excluding carboxylic acids is 1. The molecule has 0 saturated heterocycles. The Kier molecular flexibility index (Phi) is 4.35. The molecule has 0 radical (unpaired) electrons. The highest BCUT2D eigenvalue weighted by Gasteiger charge is 2.18. The van der Waals surface area contributed by atoms with Crippen LogP contribution in [0.1, 0.15) is 21.6 Å². The van der Waals surface area contributed by atoms with E-state index in [0.29, 0.717) is 5.69 Å². The zero-order chi connectivity index (χ0) is 19.8. The summed E-state index contributed by atoms with van der Waals surface area (Å²) < 4.78 is 7.14. The largest absolute Gasteiger partial charge is 0.497 e. The average Bonchev–Trinajstić information content (AvgIpc) is 3.26. The molecular weight excluding hydrogens is 354 g/mol. The molecule has 0 aliphatic carbocycles. The number of nitrogens with one attached hydrogen (secondary N) is 2. The number of aryl methyl sites for hydroxylation is 2. The third-order valence-corrected chi connectivity index (χ3v) is 5.03. The summed E-state index contributed by atoms with van der Waals surface area (Å²) in [6.07, 6.45) is 1.65. The number of ether oxygens (including phenoxy) is 1. The van der Waals surface area contributed by atoms with Crippen molar-refractivity contribution in [2.45, 2.75) is 13.8 Å². The molecule has 0 fully saturated rings. The summed E-state index contributed by atoms with van der Waals surface area (Å²) in [5, 5.41) is 12.1. The molecule has 0 spiro atoms. The first-order valence-corrected chi connectivity index (χ1v) is 8.91. The molecule has 2 aromatic carbocycles. The molecule has 4 rings (SSSR count). The van der Waals surface area contributed by atoms with E-state index in [9.17, 15) is 4.79 Å². The lowest BCUT2D eigenvalue weighted by molar-refractivity contribution is 0.102. The van der Waals surface area contributed by atoms with Gasteiger partial charge in [-0.3, -0.25) is 4.79 Å². The number of H-pyrrole nitrogens is 1. The number of benzene rings is 2. The van der Waals surface area contributed by atoms with Crippen LogP contribution in [0.15, 0.2) is 42.7 Å². The van der Waals surface area contributed by atoms with Crippen molar-refractivity contribution in [2.24, 2.45) is 7.05 Å². The predicted molar refractivity (Wildman–Crippen MR) is 109 cm³/mol. The van der Waals surface area contributed by atoms with Gasteiger partial charge >= 0.3 is 0 Å². The number of amides is 1. The minimum Gasteiger partial charge on any atom is -0.497 e. The van der Waals surface area contributed by atoms with Crippen molar-refractivity contribution in [1.82, 2.24) is 19.7 Å². The lowest BCUT2D eigenvalue weighted by Gasteiger charge is -2.12. The molecule has 0 atom stereocenters. The van der Waals surface area contributed by atoms with Crippen LogP contribution in [-0.4, -0.2) is 32.8 Å². The molecule has 0 saturated carbocycles. The highest BCUT2D eigenvalue weighted by molar-refractivity contribution is 6.08. The fourth-order valence-electron chi connectivity index (χ4n) is 3.38. The van der Waals surface area contributed by atoms with Gasteiger partial charge in [0.25, 0.3) is 5.91 Å². The zero-order valence-corrected chi connectivity index (χ0v) is 16.2. The minimum atomic E-state index is -0.189. The summed E-state index contributed by atoms with van der Waals surface area (Å²) in [5.41, 5.74) is 4.91. The van der Waals surface area contributed by atoms with E-state index >= 15 is 0 Å². The molecule has 2 heterocycles.